The van der Waals surface area contributed by atoms with Crippen molar-refractivity contribution in [3.05, 3.63) is 82.3 Å². The van der Waals surface area contributed by atoms with Crippen LogP contribution in [0.1, 0.15) is 30.4 Å². The van der Waals surface area contributed by atoms with E-state index in [2.05, 4.69) is 26.6 Å². The Morgan fingerprint density at radius 1 is 0.743 bits per heavy atom. The SMILES string of the molecule is Cc1cc(C)cc(NC(=O)COC(=O)CCCC(=O)Nc2ccc(Oc3ccc(Br)cc3)cc2)c1. The number of rotatable bonds is 10. The summed E-state index contributed by atoms with van der Waals surface area (Å²) in [4.78, 5) is 36.1. The van der Waals surface area contributed by atoms with Crippen LogP contribution in [-0.4, -0.2) is 24.4 Å². The number of carbonyl (C=O) groups excluding carboxylic acids is 3. The number of ether oxygens (including phenoxy) is 2. The molecule has 0 spiro atoms. The highest BCUT2D eigenvalue weighted by atomic mass is 79.9. The van der Waals surface area contributed by atoms with Crippen LogP contribution in [0.3, 0.4) is 0 Å². The van der Waals surface area contributed by atoms with E-state index in [9.17, 15) is 14.4 Å². The van der Waals surface area contributed by atoms with Crippen molar-refractivity contribution in [2.75, 3.05) is 17.2 Å². The number of aryl methyl sites for hydroxylation is 2. The molecule has 35 heavy (non-hydrogen) atoms. The normalized spacial score (nSPS) is 10.4. The molecule has 0 heterocycles. The summed E-state index contributed by atoms with van der Waals surface area (Å²) in [6.07, 6.45) is 0.513. The predicted molar refractivity (Wildman–Crippen MR) is 139 cm³/mol. The average molecular weight is 539 g/mol. The third-order valence-electron chi connectivity index (χ3n) is 4.84. The van der Waals surface area contributed by atoms with E-state index in [-0.39, 0.29) is 25.4 Å². The Hall–Kier alpha value is -3.65. The molecule has 3 rings (SSSR count). The van der Waals surface area contributed by atoms with Gasteiger partial charge in [0.1, 0.15) is 11.5 Å². The first-order valence-electron chi connectivity index (χ1n) is 11.1. The fourth-order valence-electron chi connectivity index (χ4n) is 3.32. The van der Waals surface area contributed by atoms with E-state index in [1.165, 1.54) is 0 Å². The summed E-state index contributed by atoms with van der Waals surface area (Å²) >= 11 is 3.38. The van der Waals surface area contributed by atoms with Crippen LogP contribution in [0.2, 0.25) is 0 Å². The van der Waals surface area contributed by atoms with E-state index in [1.54, 1.807) is 24.3 Å². The summed E-state index contributed by atoms with van der Waals surface area (Å²) in [5.74, 6) is 0.206. The van der Waals surface area contributed by atoms with Crippen LogP contribution in [0.5, 0.6) is 11.5 Å². The van der Waals surface area contributed by atoms with Crippen LogP contribution in [-0.2, 0) is 19.1 Å². The van der Waals surface area contributed by atoms with Crippen molar-refractivity contribution in [2.24, 2.45) is 0 Å². The number of carbonyl (C=O) groups is 3. The zero-order chi connectivity index (χ0) is 25.2. The standard InChI is InChI=1S/C27H27BrN2O5/c1-18-14-19(2)16-22(15-18)30-26(32)17-34-27(33)5-3-4-25(31)29-21-8-12-24(13-9-21)35-23-10-6-20(28)7-11-23/h6-16H,3-5,17H2,1-2H3,(H,29,31)(H,30,32). The molecular weight excluding hydrogens is 512 g/mol. The Labute approximate surface area is 213 Å². The largest absolute Gasteiger partial charge is 0.457 e. The van der Waals surface area contributed by atoms with Crippen molar-refractivity contribution in [3.8, 4) is 11.5 Å². The van der Waals surface area contributed by atoms with Gasteiger partial charge in [-0.15, -0.1) is 0 Å². The summed E-state index contributed by atoms with van der Waals surface area (Å²) in [5, 5.41) is 5.49. The Bertz CT molecular complexity index is 1160. The van der Waals surface area contributed by atoms with Crippen LogP contribution in [0.25, 0.3) is 0 Å². The molecule has 0 unspecified atom stereocenters. The van der Waals surface area contributed by atoms with Gasteiger partial charge in [-0.25, -0.2) is 0 Å². The van der Waals surface area contributed by atoms with Gasteiger partial charge in [-0.2, -0.15) is 0 Å². The number of nitrogens with one attached hydrogen (secondary N) is 2. The molecule has 182 valence electrons. The molecule has 2 N–H and O–H groups in total. The second-order valence-electron chi connectivity index (χ2n) is 8.07. The zero-order valence-corrected chi connectivity index (χ0v) is 21.2. The molecule has 2 amide bonds. The fraction of sp³-hybridized carbons (Fsp3) is 0.222. The van der Waals surface area contributed by atoms with Gasteiger partial charge in [-0.05, 0) is 92.1 Å². The highest BCUT2D eigenvalue weighted by Gasteiger charge is 2.10. The second-order valence-corrected chi connectivity index (χ2v) is 8.98. The molecule has 7 nitrogen and oxygen atoms in total. The molecule has 0 bridgehead atoms. The minimum Gasteiger partial charge on any atom is -0.457 e. The lowest BCUT2D eigenvalue weighted by molar-refractivity contribution is -0.147. The monoisotopic (exact) mass is 538 g/mol. The molecule has 3 aromatic rings. The quantitative estimate of drug-likeness (QED) is 0.302. The van der Waals surface area contributed by atoms with Crippen molar-refractivity contribution in [1.29, 1.82) is 0 Å². The summed E-state index contributed by atoms with van der Waals surface area (Å²) in [6.45, 7) is 3.51. The van der Waals surface area contributed by atoms with Crippen molar-refractivity contribution >= 4 is 45.1 Å². The molecule has 0 saturated heterocycles. The van der Waals surface area contributed by atoms with Gasteiger partial charge in [0.2, 0.25) is 5.91 Å². The lowest BCUT2D eigenvalue weighted by atomic mass is 10.1. The van der Waals surface area contributed by atoms with Gasteiger partial charge in [0, 0.05) is 28.7 Å². The van der Waals surface area contributed by atoms with Crippen molar-refractivity contribution in [1.82, 2.24) is 0 Å². The molecular formula is C27H27BrN2O5. The highest BCUT2D eigenvalue weighted by Crippen LogP contribution is 2.24. The van der Waals surface area contributed by atoms with Gasteiger partial charge in [0.05, 0.1) is 0 Å². The Balaban J connectivity index is 1.33. The molecule has 0 aliphatic rings. The number of esters is 1. The third kappa shape index (κ3) is 9.25. The molecule has 0 aliphatic carbocycles. The maximum Gasteiger partial charge on any atom is 0.306 e. The molecule has 0 atom stereocenters. The summed E-state index contributed by atoms with van der Waals surface area (Å²) < 4.78 is 11.7. The fourth-order valence-corrected chi connectivity index (χ4v) is 3.59. The maximum absolute atomic E-state index is 12.2. The van der Waals surface area contributed by atoms with Crippen LogP contribution >= 0.6 is 15.9 Å². The molecule has 0 aliphatic heterocycles. The van der Waals surface area contributed by atoms with Crippen LogP contribution in [0.15, 0.2) is 71.2 Å². The molecule has 0 saturated carbocycles. The highest BCUT2D eigenvalue weighted by molar-refractivity contribution is 9.10. The third-order valence-corrected chi connectivity index (χ3v) is 5.37. The molecule has 0 radical (unpaired) electrons. The average Bonchev–Trinajstić information content (AvgIpc) is 2.80. The lowest BCUT2D eigenvalue weighted by Crippen LogP contribution is -2.21. The van der Waals surface area contributed by atoms with Crippen LogP contribution in [0.4, 0.5) is 11.4 Å². The summed E-state index contributed by atoms with van der Waals surface area (Å²) in [7, 11) is 0. The van der Waals surface area contributed by atoms with E-state index in [1.807, 2.05) is 56.3 Å². The summed E-state index contributed by atoms with van der Waals surface area (Å²) in [5.41, 5.74) is 3.35. The molecule has 8 heteroatoms. The van der Waals surface area contributed by atoms with E-state index in [4.69, 9.17) is 9.47 Å². The number of halogens is 1. The van der Waals surface area contributed by atoms with E-state index in [0.717, 1.165) is 15.6 Å². The van der Waals surface area contributed by atoms with Crippen molar-refractivity contribution in [3.63, 3.8) is 0 Å². The minimum atomic E-state index is -0.525. The van der Waals surface area contributed by atoms with Gasteiger partial charge < -0.3 is 20.1 Å². The number of hydrogen-bond donors (Lipinski definition) is 2. The maximum atomic E-state index is 12.2. The van der Waals surface area contributed by atoms with E-state index in [0.29, 0.717) is 29.3 Å². The Morgan fingerprint density at radius 3 is 1.94 bits per heavy atom. The van der Waals surface area contributed by atoms with Crippen LogP contribution < -0.4 is 15.4 Å². The summed E-state index contributed by atoms with van der Waals surface area (Å²) in [6, 6.07) is 20.2. The van der Waals surface area contributed by atoms with Gasteiger partial charge in [0.15, 0.2) is 6.61 Å². The number of amides is 2. The van der Waals surface area contributed by atoms with Gasteiger partial charge in [0.25, 0.3) is 5.91 Å². The Kier molecular flexibility index (Phi) is 9.43. The smallest absolute Gasteiger partial charge is 0.306 e. The number of anilines is 2. The first-order valence-corrected chi connectivity index (χ1v) is 11.9. The molecule has 3 aromatic carbocycles. The van der Waals surface area contributed by atoms with Crippen LogP contribution in [0, 0.1) is 13.8 Å². The molecule has 0 aromatic heterocycles. The number of benzene rings is 3. The first-order chi connectivity index (χ1) is 16.8. The lowest BCUT2D eigenvalue weighted by Gasteiger charge is -2.09. The topological polar surface area (TPSA) is 93.7 Å². The zero-order valence-electron chi connectivity index (χ0n) is 19.6. The van der Waals surface area contributed by atoms with E-state index >= 15 is 0 Å². The Morgan fingerprint density at radius 2 is 1.31 bits per heavy atom. The van der Waals surface area contributed by atoms with Gasteiger partial charge in [-0.3, -0.25) is 14.4 Å². The van der Waals surface area contributed by atoms with E-state index < -0.39 is 11.9 Å². The predicted octanol–water partition coefficient (Wildman–Crippen LogP) is 6.15. The first kappa shape index (κ1) is 26.0. The van der Waals surface area contributed by atoms with Crippen molar-refractivity contribution in [2.45, 2.75) is 33.1 Å². The minimum absolute atomic E-state index is 0.0459. The second kappa shape index (κ2) is 12.7. The van der Waals surface area contributed by atoms with Gasteiger partial charge in [-0.1, -0.05) is 22.0 Å². The van der Waals surface area contributed by atoms with Crippen molar-refractivity contribution < 1.29 is 23.9 Å². The molecule has 0 fully saturated rings. The van der Waals surface area contributed by atoms with Gasteiger partial charge >= 0.3 is 5.97 Å². The number of hydrogen-bond acceptors (Lipinski definition) is 5.